The van der Waals surface area contributed by atoms with Crippen molar-refractivity contribution in [2.45, 2.75) is 44.8 Å². The molecule has 0 bridgehead atoms. The maximum atomic E-state index is 12.4. The monoisotopic (exact) mass is 386 g/mol. The zero-order valence-electron chi connectivity index (χ0n) is 16.2. The Balaban J connectivity index is 0.00000225. The molecule has 3 rings (SSSR count). The molecule has 0 aliphatic heterocycles. The number of methoxy groups -OCH3 is 1. The topological polar surface area (TPSA) is 112 Å². The summed E-state index contributed by atoms with van der Waals surface area (Å²) in [5.41, 5.74) is 3.05. The largest absolute Gasteiger partial charge is 0.379 e. The van der Waals surface area contributed by atoms with E-state index in [0.717, 1.165) is 37.1 Å². The lowest BCUT2D eigenvalue weighted by molar-refractivity contribution is 0.0459. The Hall–Kier alpha value is -3.00. The van der Waals surface area contributed by atoms with Gasteiger partial charge in [0.1, 0.15) is 5.82 Å². The van der Waals surface area contributed by atoms with Gasteiger partial charge in [-0.25, -0.2) is 9.78 Å². The summed E-state index contributed by atoms with van der Waals surface area (Å²) in [4.78, 5) is 20.8. The first kappa shape index (κ1) is 19.8. The number of amides is 2. The molecule has 4 N–H and O–H groups in total. The number of pyridine rings is 2. The van der Waals surface area contributed by atoms with Gasteiger partial charge in [0.15, 0.2) is 0 Å². The predicted octanol–water partition coefficient (Wildman–Crippen LogP) is 4.10. The van der Waals surface area contributed by atoms with Gasteiger partial charge in [0, 0.05) is 39.3 Å². The molecule has 152 valence electrons. The molecule has 0 radical (unpaired) electrons. The molecule has 28 heavy (non-hydrogen) atoms. The molecule has 1 fully saturated rings. The first-order chi connectivity index (χ1) is 13.6. The summed E-state index contributed by atoms with van der Waals surface area (Å²) in [6.07, 6.45) is 8.64. The zero-order valence-corrected chi connectivity index (χ0v) is 16.2. The highest BCUT2D eigenvalue weighted by Crippen LogP contribution is 2.23. The Kier molecular flexibility index (Phi) is 6.54. The van der Waals surface area contributed by atoms with E-state index in [0.29, 0.717) is 17.1 Å². The maximum Gasteiger partial charge on any atom is 0.320 e. The molecule has 1 saturated carbocycles. The minimum Gasteiger partial charge on any atom is -0.379 e. The lowest BCUT2D eigenvalue weighted by atomic mass is 9.92. The Morgan fingerprint density at radius 1 is 1.32 bits per heavy atom. The number of urea groups is 1. The van der Waals surface area contributed by atoms with Gasteiger partial charge in [0.05, 0.1) is 24.0 Å². The third-order valence-corrected chi connectivity index (χ3v) is 4.83. The highest BCUT2D eigenvalue weighted by molar-refractivity contribution is 5.92. The molecule has 8 heteroatoms. The number of hydrogen-bond acceptors (Lipinski definition) is 6. The Morgan fingerprint density at radius 2 is 2.14 bits per heavy atom. The number of hydrogen-bond donors (Lipinski definition) is 4. The number of nitrogens with zero attached hydrogens (tertiary/aromatic N) is 2. The number of aromatic nitrogens is 2. The summed E-state index contributed by atoms with van der Waals surface area (Å²) in [5.74, 6) is 0.386. The highest BCUT2D eigenvalue weighted by atomic mass is 16.5. The van der Waals surface area contributed by atoms with Crippen molar-refractivity contribution in [1.29, 1.82) is 5.41 Å². The second-order valence-electron chi connectivity index (χ2n) is 6.88. The third kappa shape index (κ3) is 5.04. The summed E-state index contributed by atoms with van der Waals surface area (Å²) in [6, 6.07) is 5.10. The van der Waals surface area contributed by atoms with E-state index in [1.807, 2.05) is 19.1 Å². The number of carbonyl (C=O) groups is 1. The van der Waals surface area contributed by atoms with Crippen molar-refractivity contribution < 1.29 is 12.4 Å². The molecule has 1 aliphatic rings. The second-order valence-corrected chi connectivity index (χ2v) is 6.88. The molecule has 0 aromatic carbocycles. The van der Waals surface area contributed by atoms with Crippen molar-refractivity contribution >= 4 is 29.4 Å². The van der Waals surface area contributed by atoms with E-state index >= 15 is 0 Å². The summed E-state index contributed by atoms with van der Waals surface area (Å²) in [7, 11) is 1.68. The number of anilines is 3. The van der Waals surface area contributed by atoms with Crippen LogP contribution in [0.3, 0.4) is 0 Å². The van der Waals surface area contributed by atoms with E-state index in [4.69, 9.17) is 10.1 Å². The van der Waals surface area contributed by atoms with Crippen molar-refractivity contribution in [3.8, 4) is 0 Å². The number of aryl methyl sites for hydroxylation is 1. The average molecular weight is 387 g/mol. The molecule has 8 nitrogen and oxygen atoms in total. The summed E-state index contributed by atoms with van der Waals surface area (Å²) >= 11 is 0. The van der Waals surface area contributed by atoms with Crippen molar-refractivity contribution in [2.75, 3.05) is 17.7 Å². The first-order valence-electron chi connectivity index (χ1n) is 9.39. The van der Waals surface area contributed by atoms with Crippen LogP contribution in [0.5, 0.6) is 0 Å². The van der Waals surface area contributed by atoms with Gasteiger partial charge in [-0.1, -0.05) is 12.8 Å². The molecule has 1 aliphatic carbocycles. The molecule has 2 amide bonds. The standard InChI is InChI=1S/C20H26N6O2.2H2/c1-13-9-15(7-8-22-13)24-17-12-23-19(10-14(17)11-21)26-20(27)25-16-5-3-4-6-18(16)28-2;;/h7-12,16,18,21H,3-6H2,1-2H3,(H,22,24)(H2,23,25,26,27);2*1H/t16-,18-;;/m0../s1. The van der Waals surface area contributed by atoms with Crippen LogP contribution < -0.4 is 16.0 Å². The first-order valence-corrected chi connectivity index (χ1v) is 9.39. The Morgan fingerprint density at radius 3 is 2.89 bits per heavy atom. The van der Waals surface area contributed by atoms with Crippen molar-refractivity contribution in [3.05, 3.63) is 41.9 Å². The van der Waals surface area contributed by atoms with Gasteiger partial charge in [-0.15, -0.1) is 0 Å². The van der Waals surface area contributed by atoms with Gasteiger partial charge >= 0.3 is 6.03 Å². The number of nitrogens with one attached hydrogen (secondary N) is 4. The SMILES string of the molecule is CO[C@H]1CCCC[C@@H]1NC(=O)Nc1cc(C=N)c(Nc2ccnc(C)c2)cn1.[HH].[HH]. The van der Waals surface area contributed by atoms with Crippen LogP contribution in [-0.4, -0.2) is 41.5 Å². The quantitative estimate of drug-likeness (QED) is 0.559. The molecule has 2 heterocycles. The van der Waals surface area contributed by atoms with Crippen LogP contribution in [0.25, 0.3) is 0 Å². The fourth-order valence-corrected chi connectivity index (χ4v) is 3.41. The van der Waals surface area contributed by atoms with Crippen LogP contribution in [0.1, 0.15) is 39.8 Å². The van der Waals surface area contributed by atoms with Crippen molar-refractivity contribution in [2.24, 2.45) is 0 Å². The van der Waals surface area contributed by atoms with E-state index in [1.54, 1.807) is 25.6 Å². The molecule has 0 unspecified atom stereocenters. The van der Waals surface area contributed by atoms with Crippen LogP contribution in [-0.2, 0) is 4.74 Å². The minimum absolute atomic E-state index is 0. The van der Waals surface area contributed by atoms with E-state index in [-0.39, 0.29) is 21.0 Å². The zero-order chi connectivity index (χ0) is 19.9. The van der Waals surface area contributed by atoms with Gasteiger partial charge < -0.3 is 20.8 Å². The smallest absolute Gasteiger partial charge is 0.320 e. The van der Waals surface area contributed by atoms with E-state index in [9.17, 15) is 4.79 Å². The van der Waals surface area contributed by atoms with Crippen LogP contribution in [0.15, 0.2) is 30.6 Å². The summed E-state index contributed by atoms with van der Waals surface area (Å²) in [5, 5.41) is 16.6. The van der Waals surface area contributed by atoms with Crippen molar-refractivity contribution in [3.63, 3.8) is 0 Å². The number of ether oxygens (including phenoxy) is 1. The molecular weight excluding hydrogens is 356 g/mol. The fourth-order valence-electron chi connectivity index (χ4n) is 3.41. The fraction of sp³-hybridized carbons (Fsp3) is 0.400. The van der Waals surface area contributed by atoms with E-state index < -0.39 is 0 Å². The lowest BCUT2D eigenvalue weighted by Crippen LogP contribution is -2.47. The second kappa shape index (κ2) is 9.27. The number of carbonyl (C=O) groups excluding carboxylic acids is 1. The molecule has 2 aromatic rings. The van der Waals surface area contributed by atoms with Crippen LogP contribution >= 0.6 is 0 Å². The third-order valence-electron chi connectivity index (χ3n) is 4.83. The van der Waals surface area contributed by atoms with Crippen LogP contribution in [0.2, 0.25) is 0 Å². The van der Waals surface area contributed by atoms with Gasteiger partial charge in [0.2, 0.25) is 0 Å². The Labute approximate surface area is 167 Å². The molecule has 0 saturated heterocycles. The van der Waals surface area contributed by atoms with E-state index in [2.05, 4.69) is 25.9 Å². The minimum atomic E-state index is -0.317. The maximum absolute atomic E-state index is 12.4. The molecule has 0 spiro atoms. The van der Waals surface area contributed by atoms with E-state index in [1.165, 1.54) is 6.21 Å². The van der Waals surface area contributed by atoms with Crippen LogP contribution in [0.4, 0.5) is 22.0 Å². The lowest BCUT2D eigenvalue weighted by Gasteiger charge is -2.30. The average Bonchev–Trinajstić information content (AvgIpc) is 2.69. The highest BCUT2D eigenvalue weighted by Gasteiger charge is 2.26. The molecule has 2 aromatic heterocycles. The van der Waals surface area contributed by atoms with Gasteiger partial charge in [-0.05, 0) is 38.0 Å². The predicted molar refractivity (Wildman–Crippen MR) is 114 cm³/mol. The molecular formula is C20H30N6O2. The van der Waals surface area contributed by atoms with Gasteiger partial charge in [-0.2, -0.15) is 0 Å². The van der Waals surface area contributed by atoms with Crippen LogP contribution in [0, 0.1) is 12.3 Å². The Bertz CT molecular complexity index is 852. The van der Waals surface area contributed by atoms with Gasteiger partial charge in [0.25, 0.3) is 0 Å². The summed E-state index contributed by atoms with van der Waals surface area (Å²) < 4.78 is 5.47. The summed E-state index contributed by atoms with van der Waals surface area (Å²) in [6.45, 7) is 1.91. The number of rotatable bonds is 6. The van der Waals surface area contributed by atoms with Crippen molar-refractivity contribution in [1.82, 2.24) is 15.3 Å². The molecule has 2 atom stereocenters. The van der Waals surface area contributed by atoms with Gasteiger partial charge in [-0.3, -0.25) is 10.3 Å². The normalized spacial score (nSPS) is 18.9.